The molecule has 28 heavy (non-hydrogen) atoms. The molecular formula is C18H15ClN4O4S. The van der Waals surface area contributed by atoms with Crippen molar-refractivity contribution in [2.24, 2.45) is 4.99 Å². The number of benzene rings is 2. The van der Waals surface area contributed by atoms with Gasteiger partial charge in [-0.3, -0.25) is 9.71 Å². The summed E-state index contributed by atoms with van der Waals surface area (Å²) in [6.07, 6.45) is 4.18. The number of halogens is 1. The van der Waals surface area contributed by atoms with Crippen LogP contribution in [0.4, 0.5) is 11.5 Å². The van der Waals surface area contributed by atoms with Crippen LogP contribution in [0.15, 0.2) is 64.7 Å². The molecule has 2 aromatic carbocycles. The van der Waals surface area contributed by atoms with Gasteiger partial charge in [0.25, 0.3) is 15.9 Å². The Balaban J connectivity index is 1.79. The summed E-state index contributed by atoms with van der Waals surface area (Å²) in [6.45, 7) is 0. The van der Waals surface area contributed by atoms with Crippen LogP contribution in [0.25, 0.3) is 0 Å². The number of aromatic hydroxyl groups is 1. The van der Waals surface area contributed by atoms with E-state index in [0.29, 0.717) is 16.3 Å². The zero-order valence-corrected chi connectivity index (χ0v) is 16.1. The number of hydrogen-bond acceptors (Lipinski definition) is 7. The molecule has 0 aliphatic rings. The molecular weight excluding hydrogens is 404 g/mol. The number of ether oxygens (including phenoxy) is 1. The molecule has 10 heteroatoms. The van der Waals surface area contributed by atoms with Crippen molar-refractivity contribution in [1.82, 2.24) is 9.97 Å². The molecule has 2 N–H and O–H groups in total. The highest BCUT2D eigenvalue weighted by atomic mass is 35.5. The summed E-state index contributed by atoms with van der Waals surface area (Å²) >= 11 is 5.89. The predicted molar refractivity (Wildman–Crippen MR) is 106 cm³/mol. The van der Waals surface area contributed by atoms with Gasteiger partial charge in [-0.15, -0.1) is 0 Å². The van der Waals surface area contributed by atoms with Crippen LogP contribution in [0.2, 0.25) is 5.02 Å². The lowest BCUT2D eigenvalue weighted by Gasteiger charge is -2.09. The minimum atomic E-state index is -3.88. The quantitative estimate of drug-likeness (QED) is 0.593. The van der Waals surface area contributed by atoms with E-state index in [4.69, 9.17) is 16.3 Å². The highest BCUT2D eigenvalue weighted by Crippen LogP contribution is 2.24. The molecule has 0 unspecified atom stereocenters. The fourth-order valence-corrected chi connectivity index (χ4v) is 3.40. The molecule has 0 saturated heterocycles. The van der Waals surface area contributed by atoms with Crippen LogP contribution >= 0.6 is 11.6 Å². The molecule has 0 bridgehead atoms. The number of nitrogens with one attached hydrogen (secondary N) is 1. The van der Waals surface area contributed by atoms with Gasteiger partial charge in [0.05, 0.1) is 17.7 Å². The van der Waals surface area contributed by atoms with Crippen molar-refractivity contribution in [2.45, 2.75) is 4.90 Å². The van der Waals surface area contributed by atoms with E-state index in [1.807, 2.05) is 0 Å². The Labute approximate surface area is 166 Å². The Bertz CT molecular complexity index is 1120. The zero-order chi connectivity index (χ0) is 20.1. The van der Waals surface area contributed by atoms with Crippen molar-refractivity contribution in [3.8, 4) is 11.6 Å². The van der Waals surface area contributed by atoms with Gasteiger partial charge in [-0.2, -0.15) is 0 Å². The lowest BCUT2D eigenvalue weighted by atomic mass is 10.2. The van der Waals surface area contributed by atoms with Gasteiger partial charge < -0.3 is 9.84 Å². The van der Waals surface area contributed by atoms with Gasteiger partial charge >= 0.3 is 0 Å². The Morgan fingerprint density at radius 1 is 1.14 bits per heavy atom. The smallest absolute Gasteiger partial charge is 0.263 e. The van der Waals surface area contributed by atoms with Gasteiger partial charge in [0, 0.05) is 29.2 Å². The highest BCUT2D eigenvalue weighted by Gasteiger charge is 2.17. The molecule has 0 aliphatic carbocycles. The maximum atomic E-state index is 12.5. The van der Waals surface area contributed by atoms with Crippen LogP contribution in [0.3, 0.4) is 0 Å². The van der Waals surface area contributed by atoms with Gasteiger partial charge in [-0.1, -0.05) is 11.6 Å². The molecule has 3 rings (SSSR count). The van der Waals surface area contributed by atoms with E-state index in [9.17, 15) is 13.5 Å². The number of phenols is 1. The number of phenolic OH excluding ortho intramolecular Hbond substituents is 1. The molecule has 0 aliphatic heterocycles. The van der Waals surface area contributed by atoms with E-state index in [-0.39, 0.29) is 22.3 Å². The molecule has 0 amide bonds. The number of aromatic nitrogens is 2. The summed E-state index contributed by atoms with van der Waals surface area (Å²) < 4.78 is 32.4. The third kappa shape index (κ3) is 4.56. The van der Waals surface area contributed by atoms with Gasteiger partial charge in [0.2, 0.25) is 5.82 Å². The van der Waals surface area contributed by atoms with E-state index < -0.39 is 10.0 Å². The predicted octanol–water partition coefficient (Wildman–Crippen LogP) is 3.40. The van der Waals surface area contributed by atoms with Gasteiger partial charge in [0.1, 0.15) is 5.75 Å². The maximum Gasteiger partial charge on any atom is 0.263 e. The van der Waals surface area contributed by atoms with Gasteiger partial charge in [-0.05, 0) is 42.5 Å². The second-order valence-electron chi connectivity index (χ2n) is 5.47. The Morgan fingerprint density at radius 2 is 1.86 bits per heavy atom. The van der Waals surface area contributed by atoms with Crippen molar-refractivity contribution in [3.63, 3.8) is 0 Å². The molecule has 0 fully saturated rings. The van der Waals surface area contributed by atoms with E-state index in [2.05, 4.69) is 19.7 Å². The largest absolute Gasteiger partial charge is 0.507 e. The van der Waals surface area contributed by atoms with Crippen LogP contribution in [0, 0.1) is 0 Å². The summed E-state index contributed by atoms with van der Waals surface area (Å²) in [6, 6.07) is 10.4. The molecule has 1 heterocycles. The first-order valence-corrected chi connectivity index (χ1v) is 9.75. The van der Waals surface area contributed by atoms with Crippen molar-refractivity contribution in [3.05, 3.63) is 65.4 Å². The maximum absolute atomic E-state index is 12.5. The summed E-state index contributed by atoms with van der Waals surface area (Å²) in [4.78, 5) is 12.0. The second kappa shape index (κ2) is 8.24. The van der Waals surface area contributed by atoms with Crippen LogP contribution < -0.4 is 9.46 Å². The minimum absolute atomic E-state index is 0.0106. The van der Waals surface area contributed by atoms with Crippen molar-refractivity contribution < 1.29 is 18.3 Å². The molecule has 8 nitrogen and oxygen atoms in total. The first kappa shape index (κ1) is 19.6. The number of nitrogens with zero attached hydrogens (tertiary/aromatic N) is 3. The molecule has 144 valence electrons. The Hall–Kier alpha value is -3.17. The van der Waals surface area contributed by atoms with Crippen molar-refractivity contribution >= 4 is 39.3 Å². The van der Waals surface area contributed by atoms with Gasteiger partial charge in [-0.25, -0.2) is 18.4 Å². The van der Waals surface area contributed by atoms with Crippen LogP contribution in [0.5, 0.6) is 11.6 Å². The number of sulfonamides is 1. The third-order valence-corrected chi connectivity index (χ3v) is 5.17. The highest BCUT2D eigenvalue weighted by molar-refractivity contribution is 7.92. The normalized spacial score (nSPS) is 11.5. The summed E-state index contributed by atoms with van der Waals surface area (Å²) in [5, 5.41) is 10.3. The summed E-state index contributed by atoms with van der Waals surface area (Å²) in [5.41, 5.74) is 0.941. The first-order valence-electron chi connectivity index (χ1n) is 7.89. The average Bonchev–Trinajstić information content (AvgIpc) is 2.69. The number of aliphatic imine (C=N–C) groups is 1. The fraction of sp³-hybridized carbons (Fsp3) is 0.0556. The third-order valence-electron chi connectivity index (χ3n) is 3.58. The molecule has 0 spiro atoms. The second-order valence-corrected chi connectivity index (χ2v) is 7.59. The zero-order valence-electron chi connectivity index (χ0n) is 14.6. The lowest BCUT2D eigenvalue weighted by Crippen LogP contribution is -2.14. The van der Waals surface area contributed by atoms with E-state index in [0.717, 1.165) is 0 Å². The van der Waals surface area contributed by atoms with E-state index >= 15 is 0 Å². The Morgan fingerprint density at radius 3 is 2.57 bits per heavy atom. The number of anilines is 1. The van der Waals surface area contributed by atoms with Crippen molar-refractivity contribution in [1.29, 1.82) is 0 Å². The van der Waals surface area contributed by atoms with E-state index in [1.165, 1.54) is 56.0 Å². The molecule has 1 aromatic heterocycles. The minimum Gasteiger partial charge on any atom is -0.507 e. The fourth-order valence-electron chi connectivity index (χ4n) is 2.22. The SMILES string of the molecule is COc1nccnc1NS(=O)(=O)c1ccc(N=Cc2cc(Cl)ccc2O)cc1. The summed E-state index contributed by atoms with van der Waals surface area (Å²) in [7, 11) is -2.52. The lowest BCUT2D eigenvalue weighted by molar-refractivity contribution is 0.398. The average molecular weight is 419 g/mol. The Kier molecular flexibility index (Phi) is 5.76. The van der Waals surface area contributed by atoms with Crippen molar-refractivity contribution in [2.75, 3.05) is 11.8 Å². The summed E-state index contributed by atoms with van der Waals surface area (Å²) in [5.74, 6) is 0.0895. The number of methoxy groups -OCH3 is 1. The topological polar surface area (TPSA) is 114 Å². The molecule has 0 atom stereocenters. The van der Waals surface area contributed by atoms with E-state index in [1.54, 1.807) is 12.1 Å². The van der Waals surface area contributed by atoms with Crippen LogP contribution in [-0.2, 0) is 10.0 Å². The molecule has 0 radical (unpaired) electrons. The number of rotatable bonds is 6. The van der Waals surface area contributed by atoms with Crippen LogP contribution in [0.1, 0.15) is 5.56 Å². The first-order chi connectivity index (χ1) is 13.4. The monoisotopic (exact) mass is 418 g/mol. The molecule has 0 saturated carbocycles. The standard InChI is InChI=1S/C18H15ClN4O4S/c1-27-18-17(20-8-9-21-18)23-28(25,26)15-5-3-14(4-6-15)22-11-12-10-13(19)2-7-16(12)24/h2-11,24H,1H3,(H,20,23). The number of hydrogen-bond donors (Lipinski definition) is 2. The molecule has 3 aromatic rings. The van der Waals surface area contributed by atoms with Gasteiger partial charge in [0.15, 0.2) is 0 Å². The van der Waals surface area contributed by atoms with Crippen LogP contribution in [-0.4, -0.2) is 36.8 Å².